The van der Waals surface area contributed by atoms with Gasteiger partial charge < -0.3 is 10.4 Å². The van der Waals surface area contributed by atoms with Crippen molar-refractivity contribution in [2.45, 2.75) is 32.1 Å². The van der Waals surface area contributed by atoms with Crippen LogP contribution in [0.3, 0.4) is 0 Å². The third-order valence-electron chi connectivity index (χ3n) is 1.98. The zero-order valence-corrected chi connectivity index (χ0v) is 10.5. The standard InChI is InChI=1S/C10H18FNO3S/c1-4-16-8(6(2)3)9(13)12-7(5-11)10(14)15/h6-8H,4-5H2,1-3H3,(H,12,13)(H,14,15). The predicted octanol–water partition coefficient (Wildman–Crippen LogP) is 1.30. The minimum absolute atomic E-state index is 0.0824. The Hall–Kier alpha value is -0.780. The van der Waals surface area contributed by atoms with Crippen LogP contribution in [-0.4, -0.2) is 40.7 Å². The predicted molar refractivity (Wildman–Crippen MR) is 62.3 cm³/mol. The molecule has 0 aliphatic rings. The summed E-state index contributed by atoms with van der Waals surface area (Å²) in [6.45, 7) is 4.57. The zero-order valence-electron chi connectivity index (χ0n) is 9.70. The van der Waals surface area contributed by atoms with Crippen LogP contribution in [-0.2, 0) is 9.59 Å². The van der Waals surface area contributed by atoms with Gasteiger partial charge in [0.25, 0.3) is 0 Å². The van der Waals surface area contributed by atoms with E-state index in [0.29, 0.717) is 0 Å². The fourth-order valence-electron chi connectivity index (χ4n) is 1.17. The Kier molecular flexibility index (Phi) is 7.12. The Bertz CT molecular complexity index is 248. The van der Waals surface area contributed by atoms with Gasteiger partial charge >= 0.3 is 5.97 Å². The Morgan fingerprint density at radius 1 is 1.44 bits per heavy atom. The number of alkyl halides is 1. The van der Waals surface area contributed by atoms with Gasteiger partial charge in [0, 0.05) is 0 Å². The molecule has 0 aromatic heterocycles. The maximum absolute atomic E-state index is 12.3. The number of aliphatic carboxylic acids is 1. The zero-order chi connectivity index (χ0) is 12.7. The maximum Gasteiger partial charge on any atom is 0.328 e. The first-order valence-electron chi connectivity index (χ1n) is 5.14. The van der Waals surface area contributed by atoms with Gasteiger partial charge in [0.15, 0.2) is 6.04 Å². The highest BCUT2D eigenvalue weighted by Crippen LogP contribution is 2.19. The van der Waals surface area contributed by atoms with E-state index in [1.165, 1.54) is 11.8 Å². The van der Waals surface area contributed by atoms with Crippen molar-refractivity contribution in [2.24, 2.45) is 5.92 Å². The first-order chi connectivity index (χ1) is 7.43. The van der Waals surface area contributed by atoms with Gasteiger partial charge in [-0.15, -0.1) is 11.8 Å². The van der Waals surface area contributed by atoms with Crippen LogP contribution in [0.4, 0.5) is 4.39 Å². The van der Waals surface area contributed by atoms with Crippen molar-refractivity contribution in [1.82, 2.24) is 5.32 Å². The highest BCUT2D eigenvalue weighted by molar-refractivity contribution is 8.00. The van der Waals surface area contributed by atoms with E-state index in [9.17, 15) is 14.0 Å². The molecule has 1 amide bonds. The fourth-order valence-corrected chi connectivity index (χ4v) is 2.13. The Morgan fingerprint density at radius 2 is 2.00 bits per heavy atom. The largest absolute Gasteiger partial charge is 0.480 e. The second-order valence-electron chi connectivity index (χ2n) is 3.67. The van der Waals surface area contributed by atoms with E-state index < -0.39 is 24.6 Å². The van der Waals surface area contributed by atoms with Crippen molar-refractivity contribution in [1.29, 1.82) is 0 Å². The summed E-state index contributed by atoms with van der Waals surface area (Å²) >= 11 is 1.43. The first-order valence-corrected chi connectivity index (χ1v) is 6.19. The van der Waals surface area contributed by atoms with Gasteiger partial charge in [-0.2, -0.15) is 0 Å². The molecule has 2 atom stereocenters. The Balaban J connectivity index is 4.44. The average Bonchev–Trinajstić information content (AvgIpc) is 2.21. The van der Waals surface area contributed by atoms with E-state index in [0.717, 1.165) is 5.75 Å². The van der Waals surface area contributed by atoms with E-state index in [2.05, 4.69) is 5.32 Å². The monoisotopic (exact) mass is 251 g/mol. The van der Waals surface area contributed by atoms with Crippen LogP contribution in [0.5, 0.6) is 0 Å². The normalized spacial score (nSPS) is 14.6. The van der Waals surface area contributed by atoms with E-state index in [4.69, 9.17) is 5.11 Å². The molecule has 2 N–H and O–H groups in total. The van der Waals surface area contributed by atoms with Crippen molar-refractivity contribution in [2.75, 3.05) is 12.4 Å². The van der Waals surface area contributed by atoms with Crippen molar-refractivity contribution < 1.29 is 19.1 Å². The van der Waals surface area contributed by atoms with Crippen LogP contribution in [0.1, 0.15) is 20.8 Å². The first kappa shape index (κ1) is 15.2. The van der Waals surface area contributed by atoms with Crippen molar-refractivity contribution in [3.05, 3.63) is 0 Å². The summed E-state index contributed by atoms with van der Waals surface area (Å²) in [5.74, 6) is -0.922. The van der Waals surface area contributed by atoms with Crippen LogP contribution in [0, 0.1) is 5.92 Å². The van der Waals surface area contributed by atoms with Crippen LogP contribution in [0.25, 0.3) is 0 Å². The molecule has 2 unspecified atom stereocenters. The van der Waals surface area contributed by atoms with Gasteiger partial charge in [-0.1, -0.05) is 20.8 Å². The van der Waals surface area contributed by atoms with Crippen molar-refractivity contribution in [3.63, 3.8) is 0 Å². The number of nitrogens with one attached hydrogen (secondary N) is 1. The molecule has 0 rings (SSSR count). The summed E-state index contributed by atoms with van der Waals surface area (Å²) in [7, 11) is 0. The smallest absolute Gasteiger partial charge is 0.328 e. The molecule has 0 aromatic rings. The minimum atomic E-state index is -1.44. The molecule has 6 heteroatoms. The highest BCUT2D eigenvalue weighted by Gasteiger charge is 2.27. The number of carbonyl (C=O) groups is 2. The lowest BCUT2D eigenvalue weighted by Crippen LogP contribution is -2.47. The number of rotatable bonds is 7. The number of thioether (sulfide) groups is 1. The van der Waals surface area contributed by atoms with Crippen LogP contribution >= 0.6 is 11.8 Å². The summed E-state index contributed by atoms with van der Waals surface area (Å²) in [5, 5.41) is 10.5. The molecule has 94 valence electrons. The molecule has 0 aliphatic carbocycles. The SMILES string of the molecule is CCSC(C(=O)NC(CF)C(=O)O)C(C)C. The lowest BCUT2D eigenvalue weighted by Gasteiger charge is -2.20. The number of hydrogen-bond acceptors (Lipinski definition) is 3. The van der Waals surface area contributed by atoms with Gasteiger partial charge in [-0.25, -0.2) is 9.18 Å². The lowest BCUT2D eigenvalue weighted by molar-refractivity contribution is -0.142. The van der Waals surface area contributed by atoms with Gasteiger partial charge in [0.2, 0.25) is 5.91 Å². The fraction of sp³-hybridized carbons (Fsp3) is 0.800. The van der Waals surface area contributed by atoms with Gasteiger partial charge in [0.05, 0.1) is 5.25 Å². The molecule has 0 radical (unpaired) electrons. The lowest BCUT2D eigenvalue weighted by atomic mass is 10.1. The molecule has 0 heterocycles. The number of carboxylic acid groups (broad SMARTS) is 1. The third-order valence-corrected chi connectivity index (χ3v) is 3.43. The number of amides is 1. The van der Waals surface area contributed by atoms with Crippen LogP contribution in [0.2, 0.25) is 0 Å². The molecule has 0 aliphatic heterocycles. The van der Waals surface area contributed by atoms with E-state index in [1.54, 1.807) is 0 Å². The van der Waals surface area contributed by atoms with Crippen LogP contribution < -0.4 is 5.32 Å². The molecule has 0 fully saturated rings. The molecule has 0 saturated carbocycles. The summed E-state index contributed by atoms with van der Waals surface area (Å²) in [5.41, 5.74) is 0. The molecule has 4 nitrogen and oxygen atoms in total. The van der Waals surface area contributed by atoms with Gasteiger partial charge in [-0.05, 0) is 11.7 Å². The number of hydrogen-bond donors (Lipinski definition) is 2. The van der Waals surface area contributed by atoms with Crippen molar-refractivity contribution in [3.8, 4) is 0 Å². The van der Waals surface area contributed by atoms with Crippen LogP contribution in [0.15, 0.2) is 0 Å². The highest BCUT2D eigenvalue weighted by atomic mass is 32.2. The van der Waals surface area contributed by atoms with Crippen molar-refractivity contribution >= 4 is 23.6 Å². The molecule has 16 heavy (non-hydrogen) atoms. The topological polar surface area (TPSA) is 66.4 Å². The summed E-state index contributed by atoms with van der Waals surface area (Å²) in [4.78, 5) is 22.2. The molecule has 0 bridgehead atoms. The molecule has 0 saturated heterocycles. The number of halogens is 1. The molecular formula is C10H18FNO3S. The van der Waals surface area contributed by atoms with Gasteiger partial charge in [-0.3, -0.25) is 4.79 Å². The minimum Gasteiger partial charge on any atom is -0.480 e. The summed E-state index contributed by atoms with van der Waals surface area (Å²) < 4.78 is 12.3. The Labute approximate surface area is 99.0 Å². The summed E-state index contributed by atoms with van der Waals surface area (Å²) in [6.07, 6.45) is 0. The molecular weight excluding hydrogens is 233 g/mol. The maximum atomic E-state index is 12.3. The third kappa shape index (κ3) is 4.83. The van der Waals surface area contributed by atoms with E-state index in [-0.39, 0.29) is 11.2 Å². The van der Waals surface area contributed by atoms with E-state index in [1.807, 2.05) is 20.8 Å². The quantitative estimate of drug-likeness (QED) is 0.716. The molecule has 0 aromatic carbocycles. The average molecular weight is 251 g/mol. The molecule has 0 spiro atoms. The number of carboxylic acids is 1. The van der Waals surface area contributed by atoms with Gasteiger partial charge in [0.1, 0.15) is 6.67 Å². The second kappa shape index (κ2) is 7.49. The summed E-state index contributed by atoms with van der Waals surface area (Å²) in [6, 6.07) is -1.44. The Morgan fingerprint density at radius 3 is 2.31 bits per heavy atom. The van der Waals surface area contributed by atoms with E-state index >= 15 is 0 Å². The number of carbonyl (C=O) groups excluding carboxylic acids is 1. The second-order valence-corrected chi connectivity index (χ2v) is 5.09.